The Hall–Kier alpha value is -1.29. The molecular formula is C35H52O4. The fraction of sp³-hybridized carbons (Fsp3) is 0.857. The molecule has 1 aromatic rings. The van der Waals surface area contributed by atoms with E-state index in [1.54, 1.807) is 18.4 Å². The van der Waals surface area contributed by atoms with E-state index in [2.05, 4.69) is 48.5 Å². The van der Waals surface area contributed by atoms with Crippen LogP contribution in [0.25, 0.3) is 0 Å². The van der Waals surface area contributed by atoms with Gasteiger partial charge in [-0.15, -0.1) is 0 Å². The predicted octanol–water partition coefficient (Wildman–Crippen LogP) is 8.70. The van der Waals surface area contributed by atoms with Crippen molar-refractivity contribution in [3.8, 4) is 0 Å². The third kappa shape index (κ3) is 3.30. The summed E-state index contributed by atoms with van der Waals surface area (Å²) in [5.41, 5.74) is 1.73. The maximum Gasteiger partial charge on any atom is 0.374 e. The molecule has 216 valence electrons. The predicted molar refractivity (Wildman–Crippen MR) is 152 cm³/mol. The van der Waals surface area contributed by atoms with Crippen molar-refractivity contribution in [1.82, 2.24) is 0 Å². The molecule has 4 heteroatoms. The number of carbonyl (C=O) groups is 1. The second-order valence-corrected chi connectivity index (χ2v) is 17.0. The average Bonchev–Trinajstić information content (AvgIpc) is 3.52. The van der Waals surface area contributed by atoms with Gasteiger partial charge in [0.05, 0.1) is 19.0 Å². The first-order chi connectivity index (χ1) is 18.3. The number of hydrogen-bond donors (Lipinski definition) is 0. The molecule has 39 heavy (non-hydrogen) atoms. The summed E-state index contributed by atoms with van der Waals surface area (Å²) in [5.74, 6) is 2.85. The molecule has 1 saturated heterocycles. The Morgan fingerprint density at radius 2 is 1.62 bits per heavy atom. The molecule has 6 fully saturated rings. The number of esters is 1. The summed E-state index contributed by atoms with van der Waals surface area (Å²) < 4.78 is 18.3. The Morgan fingerprint density at radius 3 is 2.36 bits per heavy atom. The third-order valence-electron chi connectivity index (χ3n) is 15.0. The minimum absolute atomic E-state index is 0.0503. The van der Waals surface area contributed by atoms with Gasteiger partial charge in [0.15, 0.2) is 0 Å². The van der Waals surface area contributed by atoms with Crippen LogP contribution in [0.4, 0.5) is 0 Å². The quantitative estimate of drug-likeness (QED) is 0.355. The average molecular weight is 537 g/mol. The van der Waals surface area contributed by atoms with Gasteiger partial charge in [0.1, 0.15) is 6.10 Å². The van der Waals surface area contributed by atoms with E-state index in [1.165, 1.54) is 51.4 Å². The Bertz CT molecular complexity index is 1140. The van der Waals surface area contributed by atoms with Crippen LogP contribution in [0.1, 0.15) is 123 Å². The highest BCUT2D eigenvalue weighted by Crippen LogP contribution is 2.78. The van der Waals surface area contributed by atoms with Crippen LogP contribution in [0.15, 0.2) is 22.8 Å². The first-order valence-electron chi connectivity index (χ1n) is 16.1. The van der Waals surface area contributed by atoms with Crippen molar-refractivity contribution in [3.63, 3.8) is 0 Å². The van der Waals surface area contributed by atoms with E-state index in [-0.39, 0.29) is 22.9 Å². The van der Waals surface area contributed by atoms with E-state index in [4.69, 9.17) is 13.9 Å². The standard InChI is InChI=1S/C35H52O4/c1-30(2)16-18-35-19-17-33(6)22(27(35)28(30)38-21-35)10-11-25-32(5)14-13-26(39-29(36)23-9-8-20-37-23)31(3,4)24(32)12-15-34(25,33)7/h8-9,20,22,24-28H,10-19,21H2,1-7H3/t22-,24+,25-,26+,27+,28-,32+,33-,34-,35-/m1/s1. The highest BCUT2D eigenvalue weighted by atomic mass is 16.6. The SMILES string of the molecule is CC1(C)CC[C@]23CC[C@]4(C)[C@H](CC[C@@H]5[C@@]6(C)CC[C@H](OC(=O)c7ccco7)C(C)(C)[C@@H]6CC[C@]54C)[C@H]2[C@H]1OC3. The normalized spacial score (nSPS) is 51.2. The van der Waals surface area contributed by atoms with Crippen LogP contribution < -0.4 is 0 Å². The van der Waals surface area contributed by atoms with Crippen LogP contribution in [0.5, 0.6) is 0 Å². The molecule has 6 aliphatic rings. The van der Waals surface area contributed by atoms with Crippen LogP contribution >= 0.6 is 0 Å². The first-order valence-corrected chi connectivity index (χ1v) is 16.1. The molecule has 0 N–H and O–H groups in total. The zero-order chi connectivity index (χ0) is 27.6. The molecule has 4 nitrogen and oxygen atoms in total. The zero-order valence-corrected chi connectivity index (χ0v) is 25.6. The van der Waals surface area contributed by atoms with Gasteiger partial charge in [0.25, 0.3) is 0 Å². The molecule has 5 aliphatic carbocycles. The molecule has 0 unspecified atom stereocenters. The van der Waals surface area contributed by atoms with E-state index >= 15 is 0 Å². The molecule has 7 rings (SSSR count). The maximum atomic E-state index is 12.9. The third-order valence-corrected chi connectivity index (χ3v) is 15.0. The van der Waals surface area contributed by atoms with Gasteiger partial charge in [-0.2, -0.15) is 0 Å². The minimum Gasteiger partial charge on any atom is -0.457 e. The number of furan rings is 1. The lowest BCUT2D eigenvalue weighted by atomic mass is 9.31. The number of hydrogen-bond acceptors (Lipinski definition) is 4. The molecule has 1 aliphatic heterocycles. The zero-order valence-electron chi connectivity index (χ0n) is 25.6. The Balaban J connectivity index is 1.18. The molecular weight excluding hydrogens is 484 g/mol. The van der Waals surface area contributed by atoms with E-state index in [1.807, 2.05) is 0 Å². The van der Waals surface area contributed by atoms with E-state index in [9.17, 15) is 4.79 Å². The summed E-state index contributed by atoms with van der Waals surface area (Å²) in [6, 6.07) is 3.48. The molecule has 2 bridgehead atoms. The summed E-state index contributed by atoms with van der Waals surface area (Å²) in [5, 5.41) is 0. The second-order valence-electron chi connectivity index (χ2n) is 17.0. The minimum atomic E-state index is -0.307. The van der Waals surface area contributed by atoms with Crippen molar-refractivity contribution in [1.29, 1.82) is 0 Å². The summed E-state index contributed by atoms with van der Waals surface area (Å²) >= 11 is 0. The Kier molecular flexibility index (Phi) is 5.57. The topological polar surface area (TPSA) is 48.7 Å². The summed E-state index contributed by atoms with van der Waals surface area (Å²) in [6.45, 7) is 18.8. The van der Waals surface area contributed by atoms with E-state index < -0.39 is 0 Å². The lowest BCUT2D eigenvalue weighted by Crippen LogP contribution is -2.67. The first kappa shape index (κ1) is 26.6. The van der Waals surface area contributed by atoms with Crippen molar-refractivity contribution in [3.05, 3.63) is 24.2 Å². The van der Waals surface area contributed by atoms with Crippen molar-refractivity contribution in [2.24, 2.45) is 56.2 Å². The second kappa shape index (κ2) is 8.17. The molecule has 5 saturated carbocycles. The highest BCUT2D eigenvalue weighted by Gasteiger charge is 2.72. The maximum absolute atomic E-state index is 12.9. The van der Waals surface area contributed by atoms with Gasteiger partial charge in [0, 0.05) is 5.41 Å². The lowest BCUT2D eigenvalue weighted by Gasteiger charge is -2.73. The van der Waals surface area contributed by atoms with Crippen molar-refractivity contribution >= 4 is 5.97 Å². The number of rotatable bonds is 2. The molecule has 0 amide bonds. The van der Waals surface area contributed by atoms with E-state index in [0.717, 1.165) is 37.2 Å². The van der Waals surface area contributed by atoms with Gasteiger partial charge >= 0.3 is 5.97 Å². The Morgan fingerprint density at radius 1 is 0.846 bits per heavy atom. The smallest absolute Gasteiger partial charge is 0.374 e. The number of carbonyl (C=O) groups excluding carboxylic acids is 1. The largest absolute Gasteiger partial charge is 0.457 e. The summed E-state index contributed by atoms with van der Waals surface area (Å²) in [4.78, 5) is 12.9. The van der Waals surface area contributed by atoms with Gasteiger partial charge in [-0.3, -0.25) is 0 Å². The highest BCUT2D eigenvalue weighted by molar-refractivity contribution is 5.86. The molecule has 0 radical (unpaired) electrons. The van der Waals surface area contributed by atoms with Crippen LogP contribution in [-0.4, -0.2) is 24.8 Å². The van der Waals surface area contributed by atoms with Gasteiger partial charge in [-0.05, 0) is 127 Å². The fourth-order valence-corrected chi connectivity index (χ4v) is 12.7. The molecule has 1 aromatic heterocycles. The fourth-order valence-electron chi connectivity index (χ4n) is 12.7. The van der Waals surface area contributed by atoms with Crippen LogP contribution in [-0.2, 0) is 9.47 Å². The molecule has 10 atom stereocenters. The van der Waals surface area contributed by atoms with Crippen molar-refractivity contribution in [2.75, 3.05) is 6.61 Å². The Labute approximate surface area is 236 Å². The number of fused-ring (bicyclic) bond motifs is 5. The van der Waals surface area contributed by atoms with Gasteiger partial charge < -0.3 is 13.9 Å². The van der Waals surface area contributed by atoms with Gasteiger partial charge in [-0.1, -0.05) is 48.5 Å². The van der Waals surface area contributed by atoms with Crippen molar-refractivity contribution < 1.29 is 18.7 Å². The molecule has 2 heterocycles. The number of ether oxygens (including phenoxy) is 2. The van der Waals surface area contributed by atoms with Crippen LogP contribution in [0, 0.1) is 56.2 Å². The summed E-state index contributed by atoms with van der Waals surface area (Å²) in [6.07, 6.45) is 14.8. The molecule has 0 aromatic carbocycles. The molecule has 0 spiro atoms. The lowest BCUT2D eigenvalue weighted by molar-refractivity contribution is -0.252. The van der Waals surface area contributed by atoms with Gasteiger partial charge in [-0.25, -0.2) is 4.79 Å². The monoisotopic (exact) mass is 536 g/mol. The van der Waals surface area contributed by atoms with E-state index in [0.29, 0.717) is 39.4 Å². The van der Waals surface area contributed by atoms with Gasteiger partial charge in [0.2, 0.25) is 5.76 Å². The van der Waals surface area contributed by atoms with Crippen LogP contribution in [0.3, 0.4) is 0 Å². The van der Waals surface area contributed by atoms with Crippen LogP contribution in [0.2, 0.25) is 0 Å². The summed E-state index contributed by atoms with van der Waals surface area (Å²) in [7, 11) is 0. The van der Waals surface area contributed by atoms with Crippen molar-refractivity contribution in [2.45, 2.75) is 125 Å².